The number of nitrogens with one attached hydrogen (secondary N) is 1. The summed E-state index contributed by atoms with van der Waals surface area (Å²) in [5.41, 5.74) is 1.43. The number of rotatable bonds is 4. The Morgan fingerprint density at radius 3 is 2.59 bits per heavy atom. The Labute approximate surface area is 128 Å². The maximum atomic E-state index is 12.7. The highest BCUT2D eigenvalue weighted by Crippen LogP contribution is 2.32. The smallest absolute Gasteiger partial charge is 0.271 e. The molecule has 2 rings (SSSR count). The third-order valence-corrected chi connectivity index (χ3v) is 3.73. The Bertz CT molecular complexity index is 627. The minimum Gasteiger partial charge on any atom is -0.344 e. The van der Waals surface area contributed by atoms with Gasteiger partial charge >= 0.3 is 0 Å². The van der Waals surface area contributed by atoms with E-state index in [4.69, 9.17) is 0 Å². The molecule has 0 spiro atoms. The number of fused-ring (bicyclic) bond motifs is 1. The number of anilines is 1. The van der Waals surface area contributed by atoms with Crippen LogP contribution in [0.25, 0.3) is 0 Å². The molecule has 0 bridgehead atoms. The fraction of sp³-hybridized carbons (Fsp3) is 0.467. The van der Waals surface area contributed by atoms with Gasteiger partial charge < -0.3 is 10.2 Å². The van der Waals surface area contributed by atoms with Crippen molar-refractivity contribution in [3.05, 3.63) is 33.9 Å². The lowest BCUT2D eigenvalue weighted by Gasteiger charge is -2.26. The predicted molar refractivity (Wildman–Crippen MR) is 81.6 cm³/mol. The van der Waals surface area contributed by atoms with Crippen LogP contribution in [-0.4, -0.2) is 29.3 Å². The van der Waals surface area contributed by atoms with Crippen molar-refractivity contribution in [2.24, 2.45) is 5.92 Å². The first-order chi connectivity index (χ1) is 10.3. The van der Waals surface area contributed by atoms with E-state index < -0.39 is 11.0 Å². The van der Waals surface area contributed by atoms with Crippen molar-refractivity contribution in [2.75, 3.05) is 11.4 Å². The summed E-state index contributed by atoms with van der Waals surface area (Å²) in [5.74, 6) is -0.575. The molecule has 1 aliphatic rings. The van der Waals surface area contributed by atoms with Crippen LogP contribution in [0.5, 0.6) is 0 Å². The zero-order valence-electron chi connectivity index (χ0n) is 12.8. The zero-order valence-corrected chi connectivity index (χ0v) is 12.8. The Morgan fingerprint density at radius 2 is 2.05 bits per heavy atom. The SMILES string of the molecule is CC(=O)NC(C(=O)N1CCc2ccc([N+](=O)[O-])cc21)C(C)C. The van der Waals surface area contributed by atoms with Gasteiger partial charge in [-0.1, -0.05) is 19.9 Å². The summed E-state index contributed by atoms with van der Waals surface area (Å²) in [6.45, 7) is 5.54. The summed E-state index contributed by atoms with van der Waals surface area (Å²) in [6, 6.07) is 3.91. The molecule has 0 aliphatic carbocycles. The van der Waals surface area contributed by atoms with Gasteiger partial charge in [0.05, 0.1) is 10.6 Å². The zero-order chi connectivity index (χ0) is 16.4. The number of nitro benzene ring substituents is 1. The van der Waals surface area contributed by atoms with Crippen LogP contribution in [0.4, 0.5) is 11.4 Å². The largest absolute Gasteiger partial charge is 0.344 e. The monoisotopic (exact) mass is 305 g/mol. The first kappa shape index (κ1) is 15.9. The number of amides is 2. The molecule has 0 radical (unpaired) electrons. The molecule has 2 amide bonds. The normalized spacial score (nSPS) is 14.6. The lowest BCUT2D eigenvalue weighted by molar-refractivity contribution is -0.384. The van der Waals surface area contributed by atoms with Crippen molar-refractivity contribution in [1.82, 2.24) is 5.32 Å². The van der Waals surface area contributed by atoms with Gasteiger partial charge in [0.15, 0.2) is 0 Å². The van der Waals surface area contributed by atoms with Crippen molar-refractivity contribution in [2.45, 2.75) is 33.2 Å². The van der Waals surface area contributed by atoms with Crippen molar-refractivity contribution in [3.8, 4) is 0 Å². The third kappa shape index (κ3) is 3.08. The highest BCUT2D eigenvalue weighted by molar-refractivity contribution is 6.01. The Morgan fingerprint density at radius 1 is 1.36 bits per heavy atom. The highest BCUT2D eigenvalue weighted by Gasteiger charge is 2.33. The fourth-order valence-electron chi connectivity index (χ4n) is 2.61. The predicted octanol–water partition coefficient (Wildman–Crippen LogP) is 1.64. The van der Waals surface area contributed by atoms with E-state index in [0.717, 1.165) is 5.56 Å². The maximum Gasteiger partial charge on any atom is 0.271 e. The quantitative estimate of drug-likeness (QED) is 0.676. The van der Waals surface area contributed by atoms with Gasteiger partial charge in [0, 0.05) is 25.6 Å². The van der Waals surface area contributed by atoms with Gasteiger partial charge in [-0.2, -0.15) is 0 Å². The summed E-state index contributed by atoms with van der Waals surface area (Å²) >= 11 is 0. The number of nitro groups is 1. The van der Waals surface area contributed by atoms with E-state index in [-0.39, 0.29) is 23.4 Å². The van der Waals surface area contributed by atoms with Gasteiger partial charge in [0.25, 0.3) is 5.69 Å². The number of carbonyl (C=O) groups is 2. The molecule has 1 heterocycles. The molecule has 1 atom stereocenters. The fourth-order valence-corrected chi connectivity index (χ4v) is 2.61. The highest BCUT2D eigenvalue weighted by atomic mass is 16.6. The van der Waals surface area contributed by atoms with E-state index in [9.17, 15) is 19.7 Å². The van der Waals surface area contributed by atoms with E-state index in [1.165, 1.54) is 24.0 Å². The second-order valence-electron chi connectivity index (χ2n) is 5.73. The van der Waals surface area contributed by atoms with Crippen LogP contribution in [-0.2, 0) is 16.0 Å². The minimum absolute atomic E-state index is 0.0425. The molecular formula is C15H19N3O4. The molecule has 0 fully saturated rings. The molecule has 0 saturated heterocycles. The van der Waals surface area contributed by atoms with Gasteiger partial charge in [-0.05, 0) is 17.9 Å². The van der Waals surface area contributed by atoms with E-state index in [1.54, 1.807) is 6.07 Å². The van der Waals surface area contributed by atoms with Crippen molar-refractivity contribution >= 4 is 23.2 Å². The summed E-state index contributed by atoms with van der Waals surface area (Å²) in [4.78, 5) is 36.0. The van der Waals surface area contributed by atoms with Gasteiger partial charge in [-0.15, -0.1) is 0 Å². The third-order valence-electron chi connectivity index (χ3n) is 3.73. The molecule has 1 aromatic carbocycles. The van der Waals surface area contributed by atoms with Crippen molar-refractivity contribution < 1.29 is 14.5 Å². The van der Waals surface area contributed by atoms with Crippen LogP contribution in [0, 0.1) is 16.0 Å². The molecular weight excluding hydrogens is 286 g/mol. The summed E-state index contributed by atoms with van der Waals surface area (Å²) < 4.78 is 0. The Hall–Kier alpha value is -2.44. The van der Waals surface area contributed by atoms with Crippen LogP contribution >= 0.6 is 0 Å². The van der Waals surface area contributed by atoms with Gasteiger partial charge in [-0.3, -0.25) is 19.7 Å². The van der Waals surface area contributed by atoms with Gasteiger partial charge in [0.1, 0.15) is 6.04 Å². The van der Waals surface area contributed by atoms with Crippen LogP contribution in [0.15, 0.2) is 18.2 Å². The lowest BCUT2D eigenvalue weighted by atomic mass is 10.0. The summed E-state index contributed by atoms with van der Waals surface area (Å²) in [6.07, 6.45) is 0.657. The van der Waals surface area contributed by atoms with Crippen molar-refractivity contribution in [1.29, 1.82) is 0 Å². The average Bonchev–Trinajstić information content (AvgIpc) is 2.86. The Balaban J connectivity index is 2.32. The number of nitrogens with zero attached hydrogens (tertiary/aromatic N) is 2. The summed E-state index contributed by atoms with van der Waals surface area (Å²) in [5, 5.41) is 13.6. The van der Waals surface area contributed by atoms with Crippen LogP contribution in [0.2, 0.25) is 0 Å². The number of benzene rings is 1. The Kier molecular flexibility index (Phi) is 4.44. The number of hydrogen-bond donors (Lipinski definition) is 1. The summed E-state index contributed by atoms with van der Waals surface area (Å²) in [7, 11) is 0. The molecule has 22 heavy (non-hydrogen) atoms. The van der Waals surface area contributed by atoms with E-state index in [2.05, 4.69) is 5.32 Å². The molecule has 1 aliphatic heterocycles. The molecule has 1 unspecified atom stereocenters. The second kappa shape index (κ2) is 6.13. The minimum atomic E-state index is -0.636. The van der Waals surface area contributed by atoms with E-state index >= 15 is 0 Å². The molecule has 118 valence electrons. The maximum absolute atomic E-state index is 12.7. The standard InChI is InChI=1S/C15H19N3O4/c1-9(2)14(16-10(3)19)15(20)17-7-6-11-4-5-12(18(21)22)8-13(11)17/h4-5,8-9,14H,6-7H2,1-3H3,(H,16,19). The van der Waals surface area contributed by atoms with Crippen LogP contribution < -0.4 is 10.2 Å². The first-order valence-electron chi connectivity index (χ1n) is 7.17. The van der Waals surface area contributed by atoms with E-state index in [1.807, 2.05) is 13.8 Å². The van der Waals surface area contributed by atoms with Gasteiger partial charge in [-0.25, -0.2) is 0 Å². The van der Waals surface area contributed by atoms with Crippen LogP contribution in [0.1, 0.15) is 26.3 Å². The van der Waals surface area contributed by atoms with E-state index in [0.29, 0.717) is 18.7 Å². The van der Waals surface area contributed by atoms with Crippen LogP contribution in [0.3, 0.4) is 0 Å². The lowest BCUT2D eigenvalue weighted by Crippen LogP contribution is -2.50. The average molecular weight is 305 g/mol. The molecule has 0 saturated carbocycles. The molecule has 7 nitrogen and oxygen atoms in total. The second-order valence-corrected chi connectivity index (χ2v) is 5.73. The topological polar surface area (TPSA) is 92.6 Å². The molecule has 1 aromatic rings. The number of hydrogen-bond acceptors (Lipinski definition) is 4. The molecule has 7 heteroatoms. The van der Waals surface area contributed by atoms with Gasteiger partial charge in [0.2, 0.25) is 11.8 Å². The first-order valence-corrected chi connectivity index (χ1v) is 7.17. The van der Waals surface area contributed by atoms with Crippen molar-refractivity contribution in [3.63, 3.8) is 0 Å². The molecule has 1 N–H and O–H groups in total. The number of carbonyl (C=O) groups excluding carboxylic acids is 2. The number of non-ortho nitro benzene ring substituents is 1. The molecule has 0 aromatic heterocycles.